The smallest absolute Gasteiger partial charge is 0.406 e. The van der Waals surface area contributed by atoms with E-state index in [1.807, 2.05) is 13.8 Å². The number of alkyl halides is 3. The molecule has 1 atom stereocenters. The van der Waals surface area contributed by atoms with Gasteiger partial charge in [0.1, 0.15) is 17.4 Å². The van der Waals surface area contributed by atoms with E-state index in [0.29, 0.717) is 11.3 Å². The average Bonchev–Trinajstić information content (AvgIpc) is 2.72. The van der Waals surface area contributed by atoms with Crippen LogP contribution in [0, 0.1) is 11.7 Å². The zero-order valence-corrected chi connectivity index (χ0v) is 18.4. The van der Waals surface area contributed by atoms with Crippen molar-refractivity contribution < 1.29 is 27.4 Å². The van der Waals surface area contributed by atoms with Gasteiger partial charge in [-0.15, -0.1) is 13.2 Å². The number of aliphatic hydroxyl groups excluding tert-OH is 1. The van der Waals surface area contributed by atoms with Crippen LogP contribution in [0.25, 0.3) is 11.3 Å². The molecule has 0 radical (unpaired) electrons. The number of hydrogen-bond acceptors (Lipinski definition) is 6. The summed E-state index contributed by atoms with van der Waals surface area (Å²) < 4.78 is 55.3. The lowest BCUT2D eigenvalue weighted by Gasteiger charge is -2.21. The normalized spacial score (nSPS) is 12.5. The maximum absolute atomic E-state index is 13.4. The molecule has 11 heteroatoms. The fourth-order valence-corrected chi connectivity index (χ4v) is 3.11. The van der Waals surface area contributed by atoms with Gasteiger partial charge in [-0.05, 0) is 36.2 Å². The van der Waals surface area contributed by atoms with Crippen LogP contribution in [0.2, 0.25) is 5.02 Å². The molecule has 0 fully saturated rings. The van der Waals surface area contributed by atoms with E-state index in [9.17, 15) is 22.7 Å². The summed E-state index contributed by atoms with van der Waals surface area (Å²) in [6.07, 6.45) is -4.84. The zero-order valence-electron chi connectivity index (χ0n) is 17.6. The number of nitrogens with one attached hydrogen (secondary N) is 2. The van der Waals surface area contributed by atoms with E-state index < -0.39 is 17.9 Å². The van der Waals surface area contributed by atoms with Crippen molar-refractivity contribution in [3.63, 3.8) is 0 Å². The third kappa shape index (κ3) is 6.93. The summed E-state index contributed by atoms with van der Waals surface area (Å²) in [6.45, 7) is 3.60. The van der Waals surface area contributed by atoms with Crippen LogP contribution in [-0.2, 0) is 0 Å². The van der Waals surface area contributed by atoms with Gasteiger partial charge in [-0.3, -0.25) is 0 Å². The van der Waals surface area contributed by atoms with Crippen LogP contribution in [-0.4, -0.2) is 34.1 Å². The highest BCUT2D eigenvalue weighted by Crippen LogP contribution is 2.31. The minimum atomic E-state index is -4.84. The topological polar surface area (TPSA) is 79.3 Å². The number of aromatic nitrogens is 2. The maximum atomic E-state index is 13.4. The van der Waals surface area contributed by atoms with Crippen molar-refractivity contribution in [3.8, 4) is 17.0 Å². The molecule has 2 aromatic carbocycles. The Bertz CT molecular complexity index is 1110. The zero-order chi connectivity index (χ0) is 24.2. The van der Waals surface area contributed by atoms with Crippen LogP contribution < -0.4 is 15.4 Å². The van der Waals surface area contributed by atoms with Crippen LogP contribution in [0.3, 0.4) is 0 Å². The van der Waals surface area contributed by atoms with Gasteiger partial charge in [0, 0.05) is 11.6 Å². The Hall–Kier alpha value is -3.11. The monoisotopic (exact) mass is 484 g/mol. The summed E-state index contributed by atoms with van der Waals surface area (Å²) in [5, 5.41) is 15.7. The summed E-state index contributed by atoms with van der Waals surface area (Å²) in [5.41, 5.74) is 0.979. The number of halogens is 5. The van der Waals surface area contributed by atoms with E-state index in [1.54, 1.807) is 6.07 Å². The summed E-state index contributed by atoms with van der Waals surface area (Å²) in [5.74, 6) is -0.504. The lowest BCUT2D eigenvalue weighted by atomic mass is 10.1. The molecular weight excluding hydrogens is 464 g/mol. The summed E-state index contributed by atoms with van der Waals surface area (Å²) in [4.78, 5) is 8.75. The average molecular weight is 485 g/mol. The summed E-state index contributed by atoms with van der Waals surface area (Å²) in [6, 6.07) is 10.2. The van der Waals surface area contributed by atoms with E-state index in [2.05, 4.69) is 25.3 Å². The highest BCUT2D eigenvalue weighted by atomic mass is 35.5. The van der Waals surface area contributed by atoms with Crippen molar-refractivity contribution in [2.45, 2.75) is 26.3 Å². The van der Waals surface area contributed by atoms with Crippen molar-refractivity contribution in [3.05, 3.63) is 59.4 Å². The molecule has 33 heavy (non-hydrogen) atoms. The molecule has 1 aromatic heterocycles. The minimum absolute atomic E-state index is 0.0359. The highest BCUT2D eigenvalue weighted by molar-refractivity contribution is 6.33. The molecule has 0 aliphatic heterocycles. The van der Waals surface area contributed by atoms with Crippen molar-refractivity contribution in [1.82, 2.24) is 9.97 Å². The molecule has 1 heterocycles. The molecule has 0 aliphatic rings. The second kappa shape index (κ2) is 10.2. The predicted octanol–water partition coefficient (Wildman–Crippen LogP) is 6.01. The van der Waals surface area contributed by atoms with Gasteiger partial charge >= 0.3 is 6.36 Å². The first-order valence-electron chi connectivity index (χ1n) is 9.89. The van der Waals surface area contributed by atoms with Crippen LogP contribution in [0.5, 0.6) is 5.75 Å². The van der Waals surface area contributed by atoms with E-state index in [0.717, 1.165) is 6.07 Å². The largest absolute Gasteiger partial charge is 0.573 e. The molecule has 0 amide bonds. The summed E-state index contributed by atoms with van der Waals surface area (Å²) >= 11 is 6.09. The molecule has 3 aromatic rings. The lowest BCUT2D eigenvalue weighted by molar-refractivity contribution is -0.274. The van der Waals surface area contributed by atoms with E-state index in [4.69, 9.17) is 11.6 Å². The molecule has 0 saturated carbocycles. The molecule has 3 rings (SSSR count). The third-order valence-electron chi connectivity index (χ3n) is 4.60. The first-order chi connectivity index (χ1) is 15.5. The van der Waals surface area contributed by atoms with Gasteiger partial charge < -0.3 is 20.5 Å². The Balaban J connectivity index is 2.02. The first-order valence-corrected chi connectivity index (χ1v) is 10.3. The van der Waals surface area contributed by atoms with Crippen LogP contribution in [0.4, 0.5) is 35.0 Å². The predicted molar refractivity (Wildman–Crippen MR) is 118 cm³/mol. The Morgan fingerprint density at radius 2 is 1.85 bits per heavy atom. The fourth-order valence-electron chi connectivity index (χ4n) is 2.89. The first kappa shape index (κ1) is 24.5. The second-order valence-electron chi connectivity index (χ2n) is 7.46. The Morgan fingerprint density at radius 3 is 2.48 bits per heavy atom. The van der Waals surface area contributed by atoms with Crippen molar-refractivity contribution in [2.24, 2.45) is 5.92 Å². The molecule has 3 N–H and O–H groups in total. The number of hydrogen-bond donors (Lipinski definition) is 3. The number of aliphatic hydroxyl groups is 1. The SMILES string of the molecule is CC(C)[C@H](CO)Nc1nc(Nc2ccc(F)cc2Cl)cc(-c2cccc(OC(F)(F)F)c2)n1. The highest BCUT2D eigenvalue weighted by Gasteiger charge is 2.31. The molecule has 0 bridgehead atoms. The Kier molecular flexibility index (Phi) is 7.60. The van der Waals surface area contributed by atoms with E-state index >= 15 is 0 Å². The van der Waals surface area contributed by atoms with Crippen molar-refractivity contribution in [2.75, 3.05) is 17.2 Å². The Labute approximate surface area is 192 Å². The molecule has 0 aliphatic carbocycles. The van der Waals surface area contributed by atoms with E-state index in [1.165, 1.54) is 36.4 Å². The van der Waals surface area contributed by atoms with Crippen LogP contribution >= 0.6 is 11.6 Å². The Morgan fingerprint density at radius 1 is 1.09 bits per heavy atom. The van der Waals surface area contributed by atoms with Gasteiger partial charge in [-0.1, -0.05) is 37.6 Å². The summed E-state index contributed by atoms with van der Waals surface area (Å²) in [7, 11) is 0. The maximum Gasteiger partial charge on any atom is 0.573 e. The minimum Gasteiger partial charge on any atom is -0.406 e. The van der Waals surface area contributed by atoms with Gasteiger partial charge in [0.05, 0.1) is 29.1 Å². The quantitative estimate of drug-likeness (QED) is 0.340. The number of rotatable bonds is 8. The standard InChI is InChI=1S/C22H21ClF4N4O2/c1-12(2)19(11-32)30-21-29-18(13-4-3-5-15(8-13)33-22(25,26)27)10-20(31-21)28-17-7-6-14(24)9-16(17)23/h3-10,12,19,32H,11H2,1-2H3,(H2,28,29,30,31)/t19-/m0/s1. The fraction of sp³-hybridized carbons (Fsp3) is 0.273. The molecule has 0 spiro atoms. The van der Waals surface area contributed by atoms with E-state index in [-0.39, 0.29) is 41.0 Å². The second-order valence-corrected chi connectivity index (χ2v) is 7.87. The number of ether oxygens (including phenoxy) is 1. The number of nitrogens with zero attached hydrogens (tertiary/aromatic N) is 2. The van der Waals surface area contributed by atoms with Gasteiger partial charge in [0.25, 0.3) is 0 Å². The van der Waals surface area contributed by atoms with Gasteiger partial charge in [-0.2, -0.15) is 4.98 Å². The van der Waals surface area contributed by atoms with Gasteiger partial charge in [-0.25, -0.2) is 9.37 Å². The van der Waals surface area contributed by atoms with Crippen molar-refractivity contribution in [1.29, 1.82) is 0 Å². The van der Waals surface area contributed by atoms with Gasteiger partial charge in [0.2, 0.25) is 5.95 Å². The number of benzene rings is 2. The van der Waals surface area contributed by atoms with Gasteiger partial charge in [0.15, 0.2) is 0 Å². The molecule has 176 valence electrons. The molecular formula is C22H21ClF4N4O2. The van der Waals surface area contributed by atoms with Crippen LogP contribution in [0.1, 0.15) is 13.8 Å². The third-order valence-corrected chi connectivity index (χ3v) is 4.91. The van der Waals surface area contributed by atoms with Crippen LogP contribution in [0.15, 0.2) is 48.5 Å². The molecule has 0 saturated heterocycles. The molecule has 6 nitrogen and oxygen atoms in total. The molecule has 0 unspecified atom stereocenters. The number of anilines is 3. The van der Waals surface area contributed by atoms with Crippen molar-refractivity contribution >= 4 is 29.1 Å². The lowest BCUT2D eigenvalue weighted by Crippen LogP contribution is -2.30.